The van der Waals surface area contributed by atoms with E-state index in [2.05, 4.69) is 17.7 Å². The molecule has 0 radical (unpaired) electrons. The number of amides is 2. The summed E-state index contributed by atoms with van der Waals surface area (Å²) in [4.78, 5) is 14.2. The topological polar surface area (TPSA) is 90.0 Å². The molecule has 1 fully saturated rings. The van der Waals surface area contributed by atoms with E-state index in [1.54, 1.807) is 13.8 Å². The zero-order valence-electron chi connectivity index (χ0n) is 11.9. The number of terminal acetylenes is 1. The molecule has 1 aromatic heterocycles. The predicted molar refractivity (Wildman–Crippen MR) is 75.2 cm³/mol. The van der Waals surface area contributed by atoms with E-state index < -0.39 is 23.9 Å². The van der Waals surface area contributed by atoms with Crippen LogP contribution in [-0.2, 0) is 5.41 Å². The Bertz CT molecular complexity index is 602. The first-order valence-corrected chi connectivity index (χ1v) is 6.35. The minimum atomic E-state index is -1.44. The molecule has 7 heteroatoms. The zero-order chi connectivity index (χ0) is 15.8. The SMILES string of the molecule is C#CC(C)(C)c1cc(N2C(=O)N(CC=C)C(O)C2O)no1. The van der Waals surface area contributed by atoms with E-state index in [9.17, 15) is 15.0 Å². The lowest BCUT2D eigenvalue weighted by atomic mass is 9.92. The standard InChI is InChI=1S/C14H17N3O4/c1-5-7-16-11(18)12(19)17(13(16)20)10-8-9(21-15-10)14(3,4)6-2/h2,5,8,11-12,18-19H,1,7H2,3-4H3. The monoisotopic (exact) mass is 291 g/mol. The molecule has 0 saturated carbocycles. The molecule has 1 saturated heterocycles. The smallest absolute Gasteiger partial charge is 0.330 e. The van der Waals surface area contributed by atoms with Crippen LogP contribution in [0.2, 0.25) is 0 Å². The van der Waals surface area contributed by atoms with Gasteiger partial charge >= 0.3 is 6.03 Å². The minimum Gasteiger partial charge on any atom is -0.369 e. The molecular weight excluding hydrogens is 274 g/mol. The third-order valence-corrected chi connectivity index (χ3v) is 3.35. The van der Waals surface area contributed by atoms with Crippen molar-refractivity contribution < 1.29 is 19.5 Å². The number of anilines is 1. The quantitative estimate of drug-likeness (QED) is 0.628. The normalized spacial score (nSPS) is 22.5. The van der Waals surface area contributed by atoms with Gasteiger partial charge in [0.2, 0.25) is 0 Å². The number of urea groups is 1. The highest BCUT2D eigenvalue weighted by Crippen LogP contribution is 2.30. The summed E-state index contributed by atoms with van der Waals surface area (Å²) >= 11 is 0. The highest BCUT2D eigenvalue weighted by Gasteiger charge is 2.46. The number of rotatable bonds is 4. The Morgan fingerprint density at radius 1 is 1.57 bits per heavy atom. The molecule has 1 aromatic rings. The van der Waals surface area contributed by atoms with Crippen molar-refractivity contribution in [3.8, 4) is 12.3 Å². The third kappa shape index (κ3) is 2.39. The van der Waals surface area contributed by atoms with Crippen LogP contribution in [0.25, 0.3) is 0 Å². The maximum absolute atomic E-state index is 12.2. The number of hydrogen-bond acceptors (Lipinski definition) is 5. The summed E-state index contributed by atoms with van der Waals surface area (Å²) < 4.78 is 5.14. The molecule has 7 nitrogen and oxygen atoms in total. The van der Waals surface area contributed by atoms with Crippen molar-refractivity contribution in [2.75, 3.05) is 11.4 Å². The molecule has 1 aliphatic heterocycles. The second-order valence-corrected chi connectivity index (χ2v) is 5.24. The number of carbonyl (C=O) groups excluding carboxylic acids is 1. The number of aliphatic hydroxyl groups excluding tert-OH is 2. The van der Waals surface area contributed by atoms with Crippen molar-refractivity contribution >= 4 is 11.8 Å². The van der Waals surface area contributed by atoms with Crippen molar-refractivity contribution in [2.45, 2.75) is 31.7 Å². The van der Waals surface area contributed by atoms with E-state index in [1.165, 1.54) is 12.1 Å². The van der Waals surface area contributed by atoms with Crippen LogP contribution in [0.4, 0.5) is 10.6 Å². The number of hydrogen-bond donors (Lipinski definition) is 2. The van der Waals surface area contributed by atoms with Crippen LogP contribution < -0.4 is 4.90 Å². The first-order valence-electron chi connectivity index (χ1n) is 6.35. The summed E-state index contributed by atoms with van der Waals surface area (Å²) in [7, 11) is 0. The minimum absolute atomic E-state index is 0.0939. The summed E-state index contributed by atoms with van der Waals surface area (Å²) in [5.74, 6) is 3.03. The first kappa shape index (κ1) is 15.1. The average molecular weight is 291 g/mol. The van der Waals surface area contributed by atoms with Crippen LogP contribution in [0.1, 0.15) is 19.6 Å². The van der Waals surface area contributed by atoms with Crippen molar-refractivity contribution in [3.63, 3.8) is 0 Å². The molecule has 2 amide bonds. The van der Waals surface area contributed by atoms with Crippen molar-refractivity contribution in [2.24, 2.45) is 0 Å². The van der Waals surface area contributed by atoms with Crippen molar-refractivity contribution in [1.29, 1.82) is 0 Å². The molecule has 0 spiro atoms. The van der Waals surface area contributed by atoms with E-state index in [0.29, 0.717) is 5.76 Å². The molecule has 2 heterocycles. The Labute approximate surface area is 122 Å². The molecule has 1 aliphatic rings. The van der Waals surface area contributed by atoms with E-state index in [-0.39, 0.29) is 12.4 Å². The molecule has 2 unspecified atom stereocenters. The first-order chi connectivity index (χ1) is 9.83. The van der Waals surface area contributed by atoms with Crippen LogP contribution in [0.5, 0.6) is 0 Å². The fourth-order valence-electron chi connectivity index (χ4n) is 1.96. The van der Waals surface area contributed by atoms with Crippen molar-refractivity contribution in [1.82, 2.24) is 10.1 Å². The molecule has 2 rings (SSSR count). The van der Waals surface area contributed by atoms with Crippen molar-refractivity contribution in [3.05, 3.63) is 24.5 Å². The lowest BCUT2D eigenvalue weighted by Gasteiger charge is -2.16. The van der Waals surface area contributed by atoms with Crippen LogP contribution in [0, 0.1) is 12.3 Å². The molecule has 112 valence electrons. The summed E-state index contributed by atoms with van der Waals surface area (Å²) in [6.07, 6.45) is 4.06. The van der Waals surface area contributed by atoms with Gasteiger partial charge in [-0.3, -0.25) is 4.90 Å². The van der Waals surface area contributed by atoms with E-state index in [1.807, 2.05) is 0 Å². The van der Waals surface area contributed by atoms with Gasteiger partial charge < -0.3 is 14.7 Å². The van der Waals surface area contributed by atoms with Gasteiger partial charge in [0, 0.05) is 12.6 Å². The molecular formula is C14H17N3O4. The largest absolute Gasteiger partial charge is 0.369 e. The summed E-state index contributed by atoms with van der Waals surface area (Å²) in [6, 6.07) is 0.888. The number of aliphatic hydroxyl groups is 2. The predicted octanol–water partition coefficient (Wildman–Crippen LogP) is 0.650. The van der Waals surface area contributed by atoms with Gasteiger partial charge in [0.05, 0.1) is 5.41 Å². The number of aromatic nitrogens is 1. The lowest BCUT2D eigenvalue weighted by molar-refractivity contribution is -0.0236. The van der Waals surface area contributed by atoms with Gasteiger partial charge in [-0.1, -0.05) is 17.2 Å². The summed E-state index contributed by atoms with van der Waals surface area (Å²) in [5.41, 5.74) is -0.696. The Balaban J connectivity index is 2.33. The highest BCUT2D eigenvalue weighted by atomic mass is 16.5. The maximum atomic E-state index is 12.2. The average Bonchev–Trinajstić information content (AvgIpc) is 3.00. The Hall–Kier alpha value is -2.30. The molecule has 0 aliphatic carbocycles. The lowest BCUT2D eigenvalue weighted by Crippen LogP contribution is -2.37. The second-order valence-electron chi connectivity index (χ2n) is 5.24. The van der Waals surface area contributed by atoms with E-state index in [0.717, 1.165) is 9.80 Å². The van der Waals surface area contributed by atoms with Gasteiger partial charge in [-0.15, -0.1) is 13.0 Å². The van der Waals surface area contributed by atoms with Gasteiger partial charge in [-0.05, 0) is 13.8 Å². The highest BCUT2D eigenvalue weighted by molar-refractivity contribution is 5.94. The van der Waals surface area contributed by atoms with Gasteiger partial charge in [-0.25, -0.2) is 9.69 Å². The van der Waals surface area contributed by atoms with Gasteiger partial charge in [-0.2, -0.15) is 0 Å². The van der Waals surface area contributed by atoms with E-state index in [4.69, 9.17) is 10.9 Å². The third-order valence-electron chi connectivity index (χ3n) is 3.35. The van der Waals surface area contributed by atoms with Gasteiger partial charge in [0.25, 0.3) is 0 Å². The molecule has 2 atom stereocenters. The summed E-state index contributed by atoms with van der Waals surface area (Å²) in [6.45, 7) is 7.13. The zero-order valence-corrected chi connectivity index (χ0v) is 11.9. The summed E-state index contributed by atoms with van der Waals surface area (Å²) in [5, 5.41) is 23.6. The Morgan fingerprint density at radius 3 is 2.81 bits per heavy atom. The fourth-order valence-corrected chi connectivity index (χ4v) is 1.96. The Kier molecular flexibility index (Phi) is 3.77. The fraction of sp³-hybridized carbons (Fsp3) is 0.429. The molecule has 0 bridgehead atoms. The number of carbonyl (C=O) groups is 1. The van der Waals surface area contributed by atoms with Crippen LogP contribution >= 0.6 is 0 Å². The van der Waals surface area contributed by atoms with Crippen LogP contribution in [0.15, 0.2) is 23.2 Å². The van der Waals surface area contributed by atoms with Crippen LogP contribution in [0.3, 0.4) is 0 Å². The molecule has 0 aromatic carbocycles. The molecule has 2 N–H and O–H groups in total. The Morgan fingerprint density at radius 2 is 2.24 bits per heavy atom. The van der Waals surface area contributed by atoms with Gasteiger partial charge in [0.15, 0.2) is 24.0 Å². The second kappa shape index (κ2) is 5.24. The molecule has 21 heavy (non-hydrogen) atoms. The van der Waals surface area contributed by atoms with Crippen LogP contribution in [-0.4, -0.2) is 45.3 Å². The van der Waals surface area contributed by atoms with E-state index >= 15 is 0 Å². The number of nitrogens with zero attached hydrogens (tertiary/aromatic N) is 3. The van der Waals surface area contributed by atoms with Gasteiger partial charge in [0.1, 0.15) is 0 Å². The maximum Gasteiger partial charge on any atom is 0.330 e.